The van der Waals surface area contributed by atoms with E-state index in [0.717, 1.165) is 24.6 Å². The summed E-state index contributed by atoms with van der Waals surface area (Å²) in [6.45, 7) is 0. The third kappa shape index (κ3) is 1.87. The largest absolute Gasteiger partial charge is 0.324 e. The zero-order valence-corrected chi connectivity index (χ0v) is 7.44. The van der Waals surface area contributed by atoms with Crippen molar-refractivity contribution in [2.45, 2.75) is 4.90 Å². The van der Waals surface area contributed by atoms with Crippen LogP contribution >= 0.6 is 0 Å². The lowest BCUT2D eigenvalue weighted by Crippen LogP contribution is -2.24. The molecule has 4 nitrogen and oxygen atoms in total. The first-order valence-electron chi connectivity index (χ1n) is 3.32. The number of benzene rings is 1. The van der Waals surface area contributed by atoms with E-state index in [9.17, 15) is 22.0 Å². The summed E-state index contributed by atoms with van der Waals surface area (Å²) in [5.74, 6) is -2.54. The fourth-order valence-electron chi connectivity index (χ4n) is 0.845. The molecule has 0 unspecified atom stereocenters. The quantitative estimate of drug-likeness (QED) is 0.745. The van der Waals surface area contributed by atoms with Gasteiger partial charge in [-0.3, -0.25) is 4.79 Å². The molecule has 0 atom stereocenters. The van der Waals surface area contributed by atoms with Gasteiger partial charge < -0.3 is 0 Å². The molecule has 0 aromatic heterocycles. The number of sulfonamides is 1. The van der Waals surface area contributed by atoms with Crippen molar-refractivity contribution in [3.05, 3.63) is 29.8 Å². The van der Waals surface area contributed by atoms with E-state index < -0.39 is 26.6 Å². The lowest BCUT2D eigenvalue weighted by atomic mass is 10.3. The smallest absolute Gasteiger partial charge is 0.262 e. The summed E-state index contributed by atoms with van der Waals surface area (Å²) in [6, 6.07) is 2.54. The van der Waals surface area contributed by atoms with Crippen LogP contribution in [0.2, 0.25) is 0 Å². The molecule has 0 saturated heterocycles. The molecule has 1 aromatic rings. The number of amides is 1. The molecular formula is C7H4F2NO3S. The van der Waals surface area contributed by atoms with Gasteiger partial charge in [0.05, 0.1) is 0 Å². The molecule has 0 heterocycles. The van der Waals surface area contributed by atoms with Gasteiger partial charge in [0.25, 0.3) is 10.0 Å². The first kappa shape index (κ1) is 10.6. The molecule has 75 valence electrons. The van der Waals surface area contributed by atoms with Crippen molar-refractivity contribution in [3.63, 3.8) is 0 Å². The van der Waals surface area contributed by atoms with Crippen LogP contribution < -0.4 is 4.72 Å². The van der Waals surface area contributed by atoms with Crippen LogP contribution in [0.3, 0.4) is 0 Å². The van der Waals surface area contributed by atoms with Gasteiger partial charge in [-0.2, -0.15) is 0 Å². The summed E-state index contributed by atoms with van der Waals surface area (Å²) in [5, 5.41) is 0. The highest BCUT2D eigenvalue weighted by Crippen LogP contribution is 2.17. The van der Waals surface area contributed by atoms with E-state index in [0.29, 0.717) is 0 Å². The Balaban J connectivity index is 3.39. The highest BCUT2D eigenvalue weighted by atomic mass is 32.2. The number of nitrogens with one attached hydrogen (secondary N) is 1. The lowest BCUT2D eigenvalue weighted by molar-refractivity contribution is 0.515. The van der Waals surface area contributed by atoms with Gasteiger partial charge in [-0.25, -0.2) is 21.9 Å². The molecule has 0 bridgehead atoms. The maximum Gasteiger partial charge on any atom is 0.324 e. The van der Waals surface area contributed by atoms with Crippen molar-refractivity contribution in [2.24, 2.45) is 0 Å². The minimum absolute atomic E-state index is 0.766. The van der Waals surface area contributed by atoms with Gasteiger partial charge in [0.2, 0.25) is 0 Å². The molecule has 0 aliphatic carbocycles. The van der Waals surface area contributed by atoms with E-state index in [4.69, 9.17) is 0 Å². The van der Waals surface area contributed by atoms with Crippen molar-refractivity contribution in [1.29, 1.82) is 0 Å². The van der Waals surface area contributed by atoms with E-state index in [1.807, 2.05) is 0 Å². The maximum atomic E-state index is 12.9. The second kappa shape index (κ2) is 3.70. The minimum atomic E-state index is -4.50. The Labute approximate surface area is 78.6 Å². The van der Waals surface area contributed by atoms with Crippen LogP contribution in [0.1, 0.15) is 0 Å². The number of carbonyl (C=O) groups excluding carboxylic acids is 1. The highest BCUT2D eigenvalue weighted by molar-refractivity contribution is 7.90. The second-order valence-corrected chi connectivity index (χ2v) is 3.88. The van der Waals surface area contributed by atoms with Gasteiger partial charge in [-0.05, 0) is 12.1 Å². The van der Waals surface area contributed by atoms with Gasteiger partial charge in [0, 0.05) is 0 Å². The lowest BCUT2D eigenvalue weighted by Gasteiger charge is -2.03. The standard InChI is InChI=1S/C7H4F2NO3S/c8-5-2-1-3-6(9)7(5)14(12,13)10-4-11/h1-3H,(H,10,11). The topological polar surface area (TPSA) is 63.2 Å². The van der Waals surface area contributed by atoms with E-state index in [-0.39, 0.29) is 0 Å². The van der Waals surface area contributed by atoms with Gasteiger partial charge >= 0.3 is 6.41 Å². The van der Waals surface area contributed by atoms with Crippen LogP contribution in [0.5, 0.6) is 0 Å². The highest BCUT2D eigenvalue weighted by Gasteiger charge is 2.23. The van der Waals surface area contributed by atoms with Gasteiger partial charge in [0.15, 0.2) is 4.90 Å². The summed E-state index contributed by atoms with van der Waals surface area (Å²) in [7, 11) is -4.50. The van der Waals surface area contributed by atoms with Crippen molar-refractivity contribution in [2.75, 3.05) is 0 Å². The molecular weight excluding hydrogens is 216 g/mol. The average molecular weight is 220 g/mol. The van der Waals surface area contributed by atoms with Gasteiger partial charge in [-0.15, -0.1) is 0 Å². The molecule has 0 saturated carbocycles. The molecule has 0 aliphatic rings. The van der Waals surface area contributed by atoms with E-state index in [1.54, 1.807) is 0 Å². The summed E-state index contributed by atoms with van der Waals surface area (Å²) in [6.07, 6.45) is 0.840. The van der Waals surface area contributed by atoms with Crippen molar-refractivity contribution >= 4 is 16.4 Å². The molecule has 7 heteroatoms. The Hall–Kier alpha value is -1.50. The predicted molar refractivity (Wildman–Crippen MR) is 42.4 cm³/mol. The van der Waals surface area contributed by atoms with Crippen molar-refractivity contribution in [1.82, 2.24) is 4.72 Å². The van der Waals surface area contributed by atoms with Crippen molar-refractivity contribution in [3.8, 4) is 0 Å². The summed E-state index contributed by atoms with van der Waals surface area (Å²) < 4.78 is 49.0. The van der Waals surface area contributed by atoms with E-state index in [1.165, 1.54) is 4.72 Å². The van der Waals surface area contributed by atoms with Crippen LogP contribution in [0, 0.1) is 11.6 Å². The fourth-order valence-corrected chi connectivity index (χ4v) is 1.71. The zero-order valence-electron chi connectivity index (χ0n) is 6.62. The number of hydrogen-bond donors (Lipinski definition) is 1. The molecule has 1 rings (SSSR count). The maximum absolute atomic E-state index is 12.9. The summed E-state index contributed by atoms with van der Waals surface area (Å²) in [4.78, 5) is 8.56. The summed E-state index contributed by atoms with van der Waals surface area (Å²) in [5.41, 5.74) is 0. The second-order valence-electron chi connectivity index (χ2n) is 2.26. The molecule has 0 aliphatic heterocycles. The average Bonchev–Trinajstić information content (AvgIpc) is 2.02. The number of rotatable bonds is 3. The minimum Gasteiger partial charge on any atom is -0.262 e. The fraction of sp³-hybridized carbons (Fsp3) is 0. The van der Waals surface area contributed by atoms with Crippen LogP contribution in [0.4, 0.5) is 8.78 Å². The first-order valence-corrected chi connectivity index (χ1v) is 4.80. The molecule has 0 spiro atoms. The Kier molecular flexibility index (Phi) is 2.80. The van der Waals surface area contributed by atoms with Crippen molar-refractivity contribution < 1.29 is 22.0 Å². The van der Waals surface area contributed by atoms with E-state index >= 15 is 0 Å². The van der Waals surface area contributed by atoms with Crippen LogP contribution in [-0.4, -0.2) is 14.8 Å². The first-order chi connectivity index (χ1) is 6.49. The van der Waals surface area contributed by atoms with Crippen LogP contribution in [-0.2, 0) is 14.8 Å². The van der Waals surface area contributed by atoms with Crippen LogP contribution in [0.15, 0.2) is 23.1 Å². The predicted octanol–water partition coefficient (Wildman–Crippen LogP) is 0.310. The number of halogens is 2. The third-order valence-electron chi connectivity index (χ3n) is 1.36. The SMILES string of the molecule is O=[C]NS(=O)(=O)c1c(F)cccc1F. The Morgan fingerprint density at radius 1 is 1.21 bits per heavy atom. The zero-order chi connectivity index (χ0) is 10.8. The number of hydrogen-bond acceptors (Lipinski definition) is 3. The Morgan fingerprint density at radius 3 is 2.14 bits per heavy atom. The molecule has 0 fully saturated rings. The monoisotopic (exact) mass is 220 g/mol. The van der Waals surface area contributed by atoms with Crippen LogP contribution in [0.25, 0.3) is 0 Å². The normalized spacial score (nSPS) is 11.0. The van der Waals surface area contributed by atoms with Gasteiger partial charge in [0.1, 0.15) is 11.6 Å². The third-order valence-corrected chi connectivity index (χ3v) is 2.64. The Morgan fingerprint density at radius 2 is 1.71 bits per heavy atom. The van der Waals surface area contributed by atoms with E-state index in [2.05, 4.69) is 0 Å². The molecule has 14 heavy (non-hydrogen) atoms. The Bertz CT molecular complexity index is 438. The summed E-state index contributed by atoms with van der Waals surface area (Å²) >= 11 is 0. The molecule has 1 radical (unpaired) electrons. The molecule has 1 N–H and O–H groups in total. The molecule has 1 aromatic carbocycles. The van der Waals surface area contributed by atoms with Gasteiger partial charge in [-0.1, -0.05) is 6.07 Å². The molecule has 1 amide bonds.